The van der Waals surface area contributed by atoms with Crippen LogP contribution in [-0.2, 0) is 4.79 Å². The molecule has 0 heterocycles. The van der Waals surface area contributed by atoms with Crippen LogP contribution in [0.2, 0.25) is 0 Å². The van der Waals surface area contributed by atoms with Gasteiger partial charge in [0.05, 0.1) is 12.1 Å². The molecule has 0 spiro atoms. The van der Waals surface area contributed by atoms with E-state index in [1.54, 1.807) is 12.1 Å². The molecule has 1 aromatic carbocycles. The van der Waals surface area contributed by atoms with Gasteiger partial charge in [-0.2, -0.15) is 0 Å². The third kappa shape index (κ3) is 4.81. The lowest BCUT2D eigenvalue weighted by molar-refractivity contribution is -0.125. The van der Waals surface area contributed by atoms with E-state index >= 15 is 0 Å². The summed E-state index contributed by atoms with van der Waals surface area (Å²) in [5.74, 6) is -0.318. The lowest BCUT2D eigenvalue weighted by Gasteiger charge is -2.33. The average molecular weight is 294 g/mol. The average Bonchev–Trinajstić information content (AvgIpc) is 2.42. The number of benzene rings is 1. The molecular weight excluding hydrogens is 267 g/mol. The Morgan fingerprint density at radius 3 is 2.24 bits per heavy atom. The zero-order chi connectivity index (χ0) is 16.2. The minimum atomic E-state index is -0.528. The van der Waals surface area contributed by atoms with Crippen molar-refractivity contribution in [3.05, 3.63) is 35.6 Å². The molecule has 0 aliphatic rings. The third-order valence-corrected chi connectivity index (χ3v) is 3.92. The molecule has 0 fully saturated rings. The first-order valence-electron chi connectivity index (χ1n) is 7.48. The molecular formula is C17H27FN2O. The van der Waals surface area contributed by atoms with Crippen LogP contribution in [0.1, 0.15) is 52.6 Å². The van der Waals surface area contributed by atoms with Crippen LogP contribution in [0.4, 0.5) is 4.39 Å². The molecule has 4 heteroatoms. The van der Waals surface area contributed by atoms with Crippen molar-refractivity contribution >= 4 is 5.91 Å². The molecule has 0 saturated heterocycles. The highest BCUT2D eigenvalue weighted by molar-refractivity contribution is 5.82. The van der Waals surface area contributed by atoms with Gasteiger partial charge in [0.1, 0.15) is 5.82 Å². The summed E-state index contributed by atoms with van der Waals surface area (Å²) in [6, 6.07) is 5.51. The Bertz CT molecular complexity index is 465. The van der Waals surface area contributed by atoms with E-state index in [0.29, 0.717) is 0 Å². The van der Waals surface area contributed by atoms with E-state index in [-0.39, 0.29) is 29.1 Å². The minimum absolute atomic E-state index is 0.124. The second-order valence-corrected chi connectivity index (χ2v) is 6.77. The van der Waals surface area contributed by atoms with Gasteiger partial charge in [0.25, 0.3) is 0 Å². The van der Waals surface area contributed by atoms with E-state index in [1.807, 2.05) is 34.6 Å². The number of nitrogens with two attached hydrogens (primary N) is 1. The van der Waals surface area contributed by atoms with Gasteiger partial charge >= 0.3 is 0 Å². The summed E-state index contributed by atoms with van der Waals surface area (Å²) in [7, 11) is 0. The molecule has 3 atom stereocenters. The predicted octanol–water partition coefficient (Wildman–Crippen LogP) is 3.40. The van der Waals surface area contributed by atoms with E-state index in [0.717, 1.165) is 12.0 Å². The molecule has 118 valence electrons. The Morgan fingerprint density at radius 2 is 1.81 bits per heavy atom. The monoisotopic (exact) mass is 294 g/mol. The van der Waals surface area contributed by atoms with Gasteiger partial charge < -0.3 is 11.1 Å². The topological polar surface area (TPSA) is 55.1 Å². The molecule has 1 amide bonds. The number of nitrogens with one attached hydrogen (secondary N) is 1. The van der Waals surface area contributed by atoms with Gasteiger partial charge in [0.2, 0.25) is 5.91 Å². The van der Waals surface area contributed by atoms with Crippen molar-refractivity contribution in [2.24, 2.45) is 17.1 Å². The number of hydrogen-bond acceptors (Lipinski definition) is 2. The normalized spacial score (nSPS) is 16.1. The molecule has 0 aliphatic carbocycles. The standard InChI is InChI=1S/C17H27FN2O/c1-6-11(2)14(19)16(21)20-15(17(3,4)5)12-7-9-13(18)10-8-12/h7-11,14-15H,6,19H2,1-5H3,(H,20,21)/t11?,14-,15?/m0/s1. The Morgan fingerprint density at radius 1 is 1.29 bits per heavy atom. The summed E-state index contributed by atoms with van der Waals surface area (Å²) in [6.45, 7) is 10.1. The van der Waals surface area contributed by atoms with Crippen LogP contribution in [0.3, 0.4) is 0 Å². The Balaban J connectivity index is 2.95. The maximum absolute atomic E-state index is 13.1. The Kier molecular flexibility index (Phi) is 5.90. The Hall–Kier alpha value is -1.42. The number of carbonyl (C=O) groups is 1. The first kappa shape index (κ1) is 17.6. The molecule has 21 heavy (non-hydrogen) atoms. The second-order valence-electron chi connectivity index (χ2n) is 6.77. The Labute approximate surface area is 127 Å². The fourth-order valence-electron chi connectivity index (χ4n) is 2.21. The third-order valence-electron chi connectivity index (χ3n) is 3.92. The van der Waals surface area contributed by atoms with Crippen molar-refractivity contribution in [1.29, 1.82) is 0 Å². The van der Waals surface area contributed by atoms with E-state index in [1.165, 1.54) is 12.1 Å². The van der Waals surface area contributed by atoms with Crippen molar-refractivity contribution in [3.63, 3.8) is 0 Å². The first-order chi connectivity index (χ1) is 9.66. The predicted molar refractivity (Wildman–Crippen MR) is 84.2 cm³/mol. The van der Waals surface area contributed by atoms with Crippen LogP contribution < -0.4 is 11.1 Å². The highest BCUT2D eigenvalue weighted by Gasteiger charge is 2.30. The number of halogens is 1. The quantitative estimate of drug-likeness (QED) is 0.874. The molecule has 0 radical (unpaired) electrons. The van der Waals surface area contributed by atoms with Gasteiger partial charge in [-0.05, 0) is 29.0 Å². The molecule has 3 N–H and O–H groups in total. The summed E-state index contributed by atoms with van der Waals surface area (Å²) < 4.78 is 13.1. The van der Waals surface area contributed by atoms with Crippen LogP contribution in [0.25, 0.3) is 0 Å². The van der Waals surface area contributed by atoms with Crippen LogP contribution in [0, 0.1) is 17.2 Å². The summed E-state index contributed by atoms with van der Waals surface area (Å²) >= 11 is 0. The SMILES string of the molecule is CCC(C)[C@H](N)C(=O)NC(c1ccc(F)cc1)C(C)(C)C. The molecule has 1 rings (SSSR count). The lowest BCUT2D eigenvalue weighted by atomic mass is 9.82. The maximum atomic E-state index is 13.1. The fourth-order valence-corrected chi connectivity index (χ4v) is 2.21. The van der Waals surface area contributed by atoms with Crippen LogP contribution in [0.15, 0.2) is 24.3 Å². The first-order valence-corrected chi connectivity index (χ1v) is 7.48. The van der Waals surface area contributed by atoms with Gasteiger partial charge in [-0.3, -0.25) is 4.79 Å². The van der Waals surface area contributed by atoms with E-state index in [4.69, 9.17) is 5.73 Å². The van der Waals surface area contributed by atoms with Gasteiger partial charge in [0.15, 0.2) is 0 Å². The smallest absolute Gasteiger partial charge is 0.237 e. The maximum Gasteiger partial charge on any atom is 0.237 e. The summed E-state index contributed by atoms with van der Waals surface area (Å²) in [6.07, 6.45) is 0.852. The fraction of sp³-hybridized carbons (Fsp3) is 0.588. The number of carbonyl (C=O) groups excluding carboxylic acids is 1. The number of hydrogen-bond donors (Lipinski definition) is 2. The van der Waals surface area contributed by atoms with Crippen molar-refractivity contribution in [3.8, 4) is 0 Å². The van der Waals surface area contributed by atoms with Crippen molar-refractivity contribution in [2.75, 3.05) is 0 Å². The molecule has 0 aromatic heterocycles. The van der Waals surface area contributed by atoms with Crippen molar-refractivity contribution in [1.82, 2.24) is 5.32 Å². The summed E-state index contributed by atoms with van der Waals surface area (Å²) in [4.78, 5) is 12.3. The summed E-state index contributed by atoms with van der Waals surface area (Å²) in [5, 5.41) is 3.02. The molecule has 2 unspecified atom stereocenters. The largest absolute Gasteiger partial charge is 0.347 e. The van der Waals surface area contributed by atoms with E-state index in [9.17, 15) is 9.18 Å². The summed E-state index contributed by atoms with van der Waals surface area (Å²) in [5.41, 5.74) is 6.68. The zero-order valence-corrected chi connectivity index (χ0v) is 13.6. The lowest BCUT2D eigenvalue weighted by Crippen LogP contribution is -2.48. The van der Waals surface area contributed by atoms with Gasteiger partial charge in [-0.25, -0.2) is 4.39 Å². The van der Waals surface area contributed by atoms with Gasteiger partial charge in [-0.15, -0.1) is 0 Å². The molecule has 1 aromatic rings. The molecule has 0 saturated carbocycles. The number of amides is 1. The van der Waals surface area contributed by atoms with Gasteiger partial charge in [0, 0.05) is 0 Å². The molecule has 0 bridgehead atoms. The zero-order valence-electron chi connectivity index (χ0n) is 13.6. The van der Waals surface area contributed by atoms with Crippen molar-refractivity contribution < 1.29 is 9.18 Å². The van der Waals surface area contributed by atoms with Crippen LogP contribution in [-0.4, -0.2) is 11.9 Å². The highest BCUT2D eigenvalue weighted by atomic mass is 19.1. The van der Waals surface area contributed by atoms with Crippen LogP contribution >= 0.6 is 0 Å². The molecule has 0 aliphatic heterocycles. The van der Waals surface area contributed by atoms with E-state index in [2.05, 4.69) is 5.32 Å². The molecule has 3 nitrogen and oxygen atoms in total. The van der Waals surface area contributed by atoms with Crippen LogP contribution in [0.5, 0.6) is 0 Å². The van der Waals surface area contributed by atoms with Gasteiger partial charge in [-0.1, -0.05) is 53.2 Å². The van der Waals surface area contributed by atoms with E-state index < -0.39 is 6.04 Å². The highest BCUT2D eigenvalue weighted by Crippen LogP contribution is 2.33. The van der Waals surface area contributed by atoms with Crippen molar-refractivity contribution in [2.45, 2.75) is 53.1 Å². The number of rotatable bonds is 5. The second kappa shape index (κ2) is 7.03. The minimum Gasteiger partial charge on any atom is -0.347 e.